The predicted molar refractivity (Wildman–Crippen MR) is 63.1 cm³/mol. The van der Waals surface area contributed by atoms with Crippen LogP contribution in [0.25, 0.3) is 10.9 Å². The molecule has 0 saturated carbocycles. The molecule has 0 aliphatic rings. The van der Waals surface area contributed by atoms with E-state index in [4.69, 9.17) is 5.73 Å². The molecule has 0 unspecified atom stereocenters. The summed E-state index contributed by atoms with van der Waals surface area (Å²) in [5.41, 5.74) is 6.53. The summed E-state index contributed by atoms with van der Waals surface area (Å²) >= 11 is 3.08. The van der Waals surface area contributed by atoms with Gasteiger partial charge in [-0.05, 0) is 34.0 Å². The number of rotatable bonds is 1. The standard InChI is InChI=1S/C11H9BrF2N2/c1-2-5-3-6-9(12)7(13)4-8(14)10(6)16-11(5)15/h3-4H,2H2,1H3,(H2,15,16). The van der Waals surface area contributed by atoms with Crippen molar-refractivity contribution in [2.45, 2.75) is 13.3 Å². The van der Waals surface area contributed by atoms with Gasteiger partial charge < -0.3 is 5.73 Å². The monoisotopic (exact) mass is 286 g/mol. The lowest BCUT2D eigenvalue weighted by Crippen LogP contribution is -1.99. The third kappa shape index (κ3) is 1.65. The zero-order chi connectivity index (χ0) is 11.9. The number of hydrogen-bond donors (Lipinski definition) is 1. The number of anilines is 1. The molecule has 0 amide bonds. The highest BCUT2D eigenvalue weighted by Crippen LogP contribution is 2.30. The van der Waals surface area contributed by atoms with Gasteiger partial charge in [0.1, 0.15) is 17.2 Å². The van der Waals surface area contributed by atoms with Crippen molar-refractivity contribution in [3.05, 3.63) is 33.8 Å². The molecule has 5 heteroatoms. The summed E-state index contributed by atoms with van der Waals surface area (Å²) in [5.74, 6) is -1.06. The van der Waals surface area contributed by atoms with Crippen LogP contribution in [0.5, 0.6) is 0 Å². The van der Waals surface area contributed by atoms with Crippen LogP contribution in [-0.4, -0.2) is 4.98 Å². The molecule has 0 aliphatic carbocycles. The molecule has 2 aromatic rings. The van der Waals surface area contributed by atoms with E-state index >= 15 is 0 Å². The van der Waals surface area contributed by atoms with E-state index in [2.05, 4.69) is 20.9 Å². The Morgan fingerprint density at radius 2 is 2.00 bits per heavy atom. The van der Waals surface area contributed by atoms with E-state index in [9.17, 15) is 8.78 Å². The van der Waals surface area contributed by atoms with Crippen molar-refractivity contribution in [1.29, 1.82) is 0 Å². The quantitative estimate of drug-likeness (QED) is 0.816. The van der Waals surface area contributed by atoms with Crippen molar-refractivity contribution in [1.82, 2.24) is 4.98 Å². The number of pyridine rings is 1. The van der Waals surface area contributed by atoms with Crippen LogP contribution in [0.2, 0.25) is 0 Å². The molecule has 0 spiro atoms. The lowest BCUT2D eigenvalue weighted by Gasteiger charge is -2.07. The second-order valence-corrected chi connectivity index (χ2v) is 4.23. The molecule has 16 heavy (non-hydrogen) atoms. The van der Waals surface area contributed by atoms with E-state index in [1.807, 2.05) is 6.92 Å². The first-order valence-electron chi connectivity index (χ1n) is 4.77. The van der Waals surface area contributed by atoms with Gasteiger partial charge in [0.25, 0.3) is 0 Å². The first kappa shape index (κ1) is 11.3. The zero-order valence-electron chi connectivity index (χ0n) is 8.52. The highest BCUT2D eigenvalue weighted by Gasteiger charge is 2.13. The number of aryl methyl sites for hydroxylation is 1. The summed E-state index contributed by atoms with van der Waals surface area (Å²) in [6, 6.07) is 2.46. The molecule has 84 valence electrons. The third-order valence-corrected chi connectivity index (χ3v) is 3.25. The van der Waals surface area contributed by atoms with Gasteiger partial charge in [0.05, 0.1) is 4.47 Å². The smallest absolute Gasteiger partial charge is 0.152 e. The number of benzene rings is 1. The van der Waals surface area contributed by atoms with Crippen molar-refractivity contribution in [3.8, 4) is 0 Å². The lowest BCUT2D eigenvalue weighted by atomic mass is 10.1. The molecule has 0 aliphatic heterocycles. The highest BCUT2D eigenvalue weighted by atomic mass is 79.9. The number of aromatic nitrogens is 1. The number of fused-ring (bicyclic) bond motifs is 1. The van der Waals surface area contributed by atoms with Crippen molar-refractivity contribution < 1.29 is 8.78 Å². The Kier molecular flexibility index (Phi) is 2.80. The summed E-state index contributed by atoms with van der Waals surface area (Å²) in [4.78, 5) is 3.95. The van der Waals surface area contributed by atoms with Crippen molar-refractivity contribution in [3.63, 3.8) is 0 Å². The predicted octanol–water partition coefficient (Wildman–Crippen LogP) is 3.42. The van der Waals surface area contributed by atoms with Crippen molar-refractivity contribution >= 4 is 32.7 Å². The van der Waals surface area contributed by atoms with Crippen molar-refractivity contribution in [2.75, 3.05) is 5.73 Å². The van der Waals surface area contributed by atoms with Gasteiger partial charge in [-0.25, -0.2) is 13.8 Å². The van der Waals surface area contributed by atoms with Crippen LogP contribution >= 0.6 is 15.9 Å². The van der Waals surface area contributed by atoms with E-state index in [0.29, 0.717) is 11.8 Å². The molecular formula is C11H9BrF2N2. The summed E-state index contributed by atoms with van der Waals surface area (Å²) in [7, 11) is 0. The summed E-state index contributed by atoms with van der Waals surface area (Å²) in [6.07, 6.45) is 0.666. The average Bonchev–Trinajstić information content (AvgIpc) is 2.25. The third-order valence-electron chi connectivity index (χ3n) is 2.44. The van der Waals surface area contributed by atoms with Gasteiger partial charge in [0.2, 0.25) is 0 Å². The fourth-order valence-electron chi connectivity index (χ4n) is 1.57. The fourth-order valence-corrected chi connectivity index (χ4v) is 1.99. The largest absolute Gasteiger partial charge is 0.383 e. The molecule has 0 atom stereocenters. The minimum absolute atomic E-state index is 0.0861. The second kappa shape index (κ2) is 3.97. The van der Waals surface area contributed by atoms with Gasteiger partial charge in [0.15, 0.2) is 5.82 Å². The van der Waals surface area contributed by atoms with Crippen LogP contribution in [-0.2, 0) is 6.42 Å². The minimum Gasteiger partial charge on any atom is -0.383 e. The van der Waals surface area contributed by atoms with E-state index in [1.165, 1.54) is 0 Å². The molecule has 0 radical (unpaired) electrons. The maximum absolute atomic E-state index is 13.5. The molecule has 0 saturated heterocycles. The maximum atomic E-state index is 13.5. The van der Waals surface area contributed by atoms with Gasteiger partial charge in [-0.2, -0.15) is 0 Å². The molecule has 1 aromatic heterocycles. The molecule has 2 rings (SSSR count). The summed E-state index contributed by atoms with van der Waals surface area (Å²) < 4.78 is 27.0. The van der Waals surface area contributed by atoms with Gasteiger partial charge in [-0.15, -0.1) is 0 Å². The second-order valence-electron chi connectivity index (χ2n) is 3.44. The van der Waals surface area contributed by atoms with Gasteiger partial charge in [-0.1, -0.05) is 6.92 Å². The van der Waals surface area contributed by atoms with Crippen LogP contribution in [0.1, 0.15) is 12.5 Å². The number of nitrogen functional groups attached to an aromatic ring is 1. The SMILES string of the molecule is CCc1cc2c(Br)c(F)cc(F)c2nc1N. The first-order valence-corrected chi connectivity index (χ1v) is 5.56. The zero-order valence-corrected chi connectivity index (χ0v) is 10.1. The van der Waals surface area contributed by atoms with Crippen LogP contribution in [0.4, 0.5) is 14.6 Å². The number of nitrogens with two attached hydrogens (primary N) is 1. The minimum atomic E-state index is -0.704. The Morgan fingerprint density at radius 3 is 2.62 bits per heavy atom. The van der Waals surface area contributed by atoms with Gasteiger partial charge >= 0.3 is 0 Å². The normalized spacial score (nSPS) is 11.0. The molecule has 1 aromatic carbocycles. The molecule has 1 heterocycles. The van der Waals surface area contributed by atoms with Gasteiger partial charge in [-0.3, -0.25) is 0 Å². The maximum Gasteiger partial charge on any atom is 0.152 e. The Morgan fingerprint density at radius 1 is 1.31 bits per heavy atom. The lowest BCUT2D eigenvalue weighted by molar-refractivity contribution is 0.586. The Bertz CT molecular complexity index is 570. The summed E-state index contributed by atoms with van der Waals surface area (Å²) in [6.45, 7) is 1.91. The molecular weight excluding hydrogens is 278 g/mol. The average molecular weight is 287 g/mol. The Balaban J connectivity index is 2.90. The Labute approximate surface area is 99.6 Å². The number of halogens is 3. The number of hydrogen-bond acceptors (Lipinski definition) is 2. The van der Waals surface area contributed by atoms with Crippen LogP contribution < -0.4 is 5.73 Å². The topological polar surface area (TPSA) is 38.9 Å². The number of nitrogens with zero attached hydrogens (tertiary/aromatic N) is 1. The van der Waals surface area contributed by atoms with Crippen LogP contribution in [0.3, 0.4) is 0 Å². The van der Waals surface area contributed by atoms with E-state index in [1.54, 1.807) is 6.07 Å². The van der Waals surface area contributed by atoms with Crippen LogP contribution in [0, 0.1) is 11.6 Å². The Hall–Kier alpha value is -1.23. The summed E-state index contributed by atoms with van der Waals surface area (Å²) in [5, 5.41) is 0.406. The van der Waals surface area contributed by atoms with E-state index in [0.717, 1.165) is 11.6 Å². The van der Waals surface area contributed by atoms with Crippen LogP contribution in [0.15, 0.2) is 16.6 Å². The van der Waals surface area contributed by atoms with E-state index < -0.39 is 11.6 Å². The van der Waals surface area contributed by atoms with Gasteiger partial charge in [0, 0.05) is 11.5 Å². The molecule has 2 N–H and O–H groups in total. The fraction of sp³-hybridized carbons (Fsp3) is 0.182. The molecule has 0 bridgehead atoms. The molecule has 2 nitrogen and oxygen atoms in total. The van der Waals surface area contributed by atoms with Crippen molar-refractivity contribution in [2.24, 2.45) is 0 Å². The first-order chi connectivity index (χ1) is 7.54. The highest BCUT2D eigenvalue weighted by molar-refractivity contribution is 9.10. The molecule has 0 fully saturated rings. The van der Waals surface area contributed by atoms with E-state index in [-0.39, 0.29) is 15.8 Å².